The van der Waals surface area contributed by atoms with Crippen LogP contribution in [0.2, 0.25) is 0 Å². The summed E-state index contributed by atoms with van der Waals surface area (Å²) in [7, 11) is 1.72. The molecule has 0 unspecified atom stereocenters. The molecule has 0 radical (unpaired) electrons. The molecule has 0 fully saturated rings. The number of hydrogen-bond acceptors (Lipinski definition) is 2. The Balaban J connectivity index is 4.31. The van der Waals surface area contributed by atoms with Crippen molar-refractivity contribution in [1.82, 2.24) is 5.01 Å². The van der Waals surface area contributed by atoms with Crippen LogP contribution < -0.4 is 0 Å². The van der Waals surface area contributed by atoms with Gasteiger partial charge in [-0.2, -0.15) is 0 Å². The summed E-state index contributed by atoms with van der Waals surface area (Å²) in [5.41, 5.74) is 0.0719. The van der Waals surface area contributed by atoms with E-state index in [0.29, 0.717) is 0 Å². The van der Waals surface area contributed by atoms with Gasteiger partial charge in [-0.3, -0.25) is 5.01 Å². The molecule has 0 aromatic rings. The van der Waals surface area contributed by atoms with E-state index < -0.39 is 0 Å². The lowest BCUT2D eigenvalue weighted by atomic mass is 9.81. The fourth-order valence-corrected chi connectivity index (χ4v) is 1.52. The van der Waals surface area contributed by atoms with Gasteiger partial charge in [0.05, 0.1) is 10.8 Å². The SMILES string of the molecule is CN(N=O)C(C)(C)CC(C)(C)C. The van der Waals surface area contributed by atoms with Gasteiger partial charge in [-0.05, 0) is 25.7 Å². The van der Waals surface area contributed by atoms with Crippen LogP contribution in [0.5, 0.6) is 0 Å². The molecule has 0 aromatic heterocycles. The third-order valence-electron chi connectivity index (χ3n) is 1.96. The summed E-state index contributed by atoms with van der Waals surface area (Å²) in [5, 5.41) is 4.41. The summed E-state index contributed by atoms with van der Waals surface area (Å²) in [5.74, 6) is 0. The summed E-state index contributed by atoms with van der Waals surface area (Å²) in [6.07, 6.45) is 0.947. The lowest BCUT2D eigenvalue weighted by molar-refractivity contribution is 0.105. The molecule has 0 aliphatic carbocycles. The van der Waals surface area contributed by atoms with Gasteiger partial charge in [0.15, 0.2) is 0 Å². The molecular weight excluding hydrogens is 152 g/mol. The van der Waals surface area contributed by atoms with Crippen molar-refractivity contribution in [2.75, 3.05) is 7.05 Å². The maximum Gasteiger partial charge on any atom is 0.0556 e. The zero-order valence-corrected chi connectivity index (χ0v) is 9.01. The first-order valence-corrected chi connectivity index (χ1v) is 4.26. The van der Waals surface area contributed by atoms with E-state index in [4.69, 9.17) is 0 Å². The van der Waals surface area contributed by atoms with Crippen molar-refractivity contribution in [2.24, 2.45) is 10.7 Å². The minimum absolute atomic E-state index is 0.153. The Morgan fingerprint density at radius 3 is 1.83 bits per heavy atom. The molecule has 3 heteroatoms. The predicted octanol–water partition coefficient (Wildman–Crippen LogP) is 2.81. The van der Waals surface area contributed by atoms with Gasteiger partial charge < -0.3 is 0 Å². The molecule has 0 aliphatic rings. The van der Waals surface area contributed by atoms with E-state index in [0.717, 1.165) is 6.42 Å². The summed E-state index contributed by atoms with van der Waals surface area (Å²) >= 11 is 0. The van der Waals surface area contributed by atoms with Gasteiger partial charge in [0, 0.05) is 7.05 Å². The zero-order chi connectivity index (χ0) is 9.99. The monoisotopic (exact) mass is 172 g/mol. The summed E-state index contributed by atoms with van der Waals surface area (Å²) < 4.78 is 0. The fourth-order valence-electron chi connectivity index (χ4n) is 1.52. The highest BCUT2D eigenvalue weighted by Gasteiger charge is 2.29. The Labute approximate surface area is 75.1 Å². The second-order valence-electron chi connectivity index (χ2n) is 5.16. The summed E-state index contributed by atoms with van der Waals surface area (Å²) in [4.78, 5) is 10.3. The maximum absolute atomic E-state index is 10.3. The molecule has 72 valence electrons. The summed E-state index contributed by atoms with van der Waals surface area (Å²) in [6.45, 7) is 10.5. The van der Waals surface area contributed by atoms with E-state index in [1.807, 2.05) is 13.8 Å². The van der Waals surface area contributed by atoms with Crippen molar-refractivity contribution >= 4 is 0 Å². The number of nitroso groups, excluding NO2 is 1. The first kappa shape index (κ1) is 11.4. The van der Waals surface area contributed by atoms with Gasteiger partial charge >= 0.3 is 0 Å². The molecule has 0 aromatic carbocycles. The van der Waals surface area contributed by atoms with E-state index in [9.17, 15) is 4.91 Å². The molecule has 0 rings (SSSR count). The molecule has 0 saturated carbocycles. The van der Waals surface area contributed by atoms with Gasteiger partial charge in [0.1, 0.15) is 0 Å². The average Bonchev–Trinajstić information content (AvgIpc) is 1.80. The third kappa shape index (κ3) is 3.69. The van der Waals surface area contributed by atoms with E-state index >= 15 is 0 Å². The quantitative estimate of drug-likeness (QED) is 0.484. The van der Waals surface area contributed by atoms with Gasteiger partial charge in [-0.1, -0.05) is 20.8 Å². The fraction of sp³-hybridized carbons (Fsp3) is 1.00. The van der Waals surface area contributed by atoms with Crippen LogP contribution in [0.1, 0.15) is 41.0 Å². The number of rotatable bonds is 3. The molecule has 0 aliphatic heterocycles. The van der Waals surface area contributed by atoms with Crippen LogP contribution in [0, 0.1) is 10.3 Å². The van der Waals surface area contributed by atoms with Crippen LogP contribution in [0.4, 0.5) is 0 Å². The number of nitrogens with zero attached hydrogens (tertiary/aromatic N) is 2. The van der Waals surface area contributed by atoms with Gasteiger partial charge in [-0.25, -0.2) is 0 Å². The largest absolute Gasteiger partial charge is 0.258 e. The van der Waals surface area contributed by atoms with Gasteiger partial charge in [0.25, 0.3) is 0 Å². The Morgan fingerprint density at radius 1 is 1.17 bits per heavy atom. The highest BCUT2D eigenvalue weighted by Crippen LogP contribution is 2.30. The third-order valence-corrected chi connectivity index (χ3v) is 1.96. The maximum atomic E-state index is 10.3. The van der Waals surface area contributed by atoms with Crippen LogP contribution >= 0.6 is 0 Å². The molecule has 0 heterocycles. The molecule has 12 heavy (non-hydrogen) atoms. The zero-order valence-electron chi connectivity index (χ0n) is 9.01. The van der Waals surface area contributed by atoms with Crippen LogP contribution in [0.15, 0.2) is 5.29 Å². The standard InChI is InChI=1S/C9H20N2O/c1-8(2,3)7-9(4,5)11(6)10-12/h7H2,1-6H3. The molecule has 0 amide bonds. The lowest BCUT2D eigenvalue weighted by Crippen LogP contribution is -2.40. The van der Waals surface area contributed by atoms with Crippen molar-refractivity contribution < 1.29 is 0 Å². The Kier molecular flexibility index (Phi) is 3.25. The highest BCUT2D eigenvalue weighted by molar-refractivity contribution is 4.82. The van der Waals surface area contributed by atoms with Crippen molar-refractivity contribution in [2.45, 2.75) is 46.6 Å². The van der Waals surface area contributed by atoms with Crippen LogP contribution in [-0.2, 0) is 0 Å². The topological polar surface area (TPSA) is 32.7 Å². The smallest absolute Gasteiger partial charge is 0.0556 e. The second-order valence-corrected chi connectivity index (χ2v) is 5.16. The molecule has 3 nitrogen and oxygen atoms in total. The normalized spacial score (nSPS) is 12.8. The molecule has 0 N–H and O–H groups in total. The van der Waals surface area contributed by atoms with E-state index in [2.05, 4.69) is 26.1 Å². The first-order valence-electron chi connectivity index (χ1n) is 4.26. The minimum Gasteiger partial charge on any atom is -0.258 e. The van der Waals surface area contributed by atoms with E-state index in [-0.39, 0.29) is 11.0 Å². The van der Waals surface area contributed by atoms with Crippen molar-refractivity contribution in [3.8, 4) is 0 Å². The molecular formula is C9H20N2O. The average molecular weight is 172 g/mol. The van der Waals surface area contributed by atoms with Gasteiger partial charge in [-0.15, -0.1) is 4.91 Å². The Bertz CT molecular complexity index is 158. The molecule has 0 atom stereocenters. The van der Waals surface area contributed by atoms with E-state index in [1.165, 1.54) is 5.01 Å². The van der Waals surface area contributed by atoms with Crippen LogP contribution in [0.25, 0.3) is 0 Å². The Hall–Kier alpha value is -0.600. The number of hydrogen-bond donors (Lipinski definition) is 0. The lowest BCUT2D eigenvalue weighted by Gasteiger charge is -2.36. The summed E-state index contributed by atoms with van der Waals surface area (Å²) in [6, 6.07) is 0. The van der Waals surface area contributed by atoms with Crippen molar-refractivity contribution in [3.63, 3.8) is 0 Å². The van der Waals surface area contributed by atoms with E-state index in [1.54, 1.807) is 7.05 Å². The van der Waals surface area contributed by atoms with Crippen LogP contribution in [0.3, 0.4) is 0 Å². The van der Waals surface area contributed by atoms with Crippen LogP contribution in [-0.4, -0.2) is 17.6 Å². The first-order chi connectivity index (χ1) is 5.19. The predicted molar refractivity (Wildman–Crippen MR) is 51.7 cm³/mol. The second kappa shape index (κ2) is 3.42. The minimum atomic E-state index is -0.153. The highest BCUT2D eigenvalue weighted by atomic mass is 16.3. The molecule has 0 bridgehead atoms. The van der Waals surface area contributed by atoms with Crippen molar-refractivity contribution in [3.05, 3.63) is 4.91 Å². The Morgan fingerprint density at radius 2 is 1.58 bits per heavy atom. The molecule has 0 saturated heterocycles. The van der Waals surface area contributed by atoms with Crippen molar-refractivity contribution in [1.29, 1.82) is 0 Å². The van der Waals surface area contributed by atoms with Gasteiger partial charge in [0.2, 0.25) is 0 Å². The molecule has 0 spiro atoms.